The average molecular weight is 330 g/mol. The maximum atomic E-state index is 10.0. The maximum Gasteiger partial charge on any atom is 0.229 e. The zero-order chi connectivity index (χ0) is 17.1. The molecular weight excluding hydrogens is 308 g/mol. The molecule has 8 nitrogen and oxygen atoms in total. The molecule has 0 aliphatic carbocycles. The Kier molecular flexibility index (Phi) is 5.66. The van der Waals surface area contributed by atoms with Crippen molar-refractivity contribution in [3.8, 4) is 17.2 Å². The van der Waals surface area contributed by atoms with Crippen molar-refractivity contribution in [2.45, 2.75) is 37.6 Å². The van der Waals surface area contributed by atoms with E-state index in [-0.39, 0.29) is 5.75 Å². The molecule has 1 aromatic carbocycles. The first-order valence-corrected chi connectivity index (χ1v) is 7.12. The van der Waals surface area contributed by atoms with E-state index in [0.29, 0.717) is 11.5 Å². The molecule has 0 saturated carbocycles. The van der Waals surface area contributed by atoms with Gasteiger partial charge in [0.2, 0.25) is 12.0 Å². The van der Waals surface area contributed by atoms with Crippen LogP contribution in [0.3, 0.4) is 0 Å². The summed E-state index contributed by atoms with van der Waals surface area (Å²) in [6, 6.07) is 3.40. The molecule has 0 radical (unpaired) electrons. The van der Waals surface area contributed by atoms with Gasteiger partial charge in [0.15, 0.2) is 11.5 Å². The van der Waals surface area contributed by atoms with Crippen LogP contribution in [0.4, 0.5) is 0 Å². The van der Waals surface area contributed by atoms with Crippen LogP contribution in [-0.4, -0.2) is 72.0 Å². The first kappa shape index (κ1) is 17.8. The van der Waals surface area contributed by atoms with E-state index in [9.17, 15) is 20.4 Å². The Balaban J connectivity index is 2.29. The third-order valence-electron chi connectivity index (χ3n) is 3.68. The predicted octanol–water partition coefficient (Wildman–Crippen LogP) is -0.809. The summed E-state index contributed by atoms with van der Waals surface area (Å²) >= 11 is 0. The van der Waals surface area contributed by atoms with Gasteiger partial charge in [0.05, 0.1) is 20.8 Å². The number of aliphatic hydroxyl groups excluding tert-OH is 4. The van der Waals surface area contributed by atoms with Crippen molar-refractivity contribution < 1.29 is 39.4 Å². The lowest BCUT2D eigenvalue weighted by Crippen LogP contribution is -2.60. The number of rotatable bonds is 5. The number of benzene rings is 1. The predicted molar refractivity (Wildman–Crippen MR) is 78.7 cm³/mol. The van der Waals surface area contributed by atoms with Gasteiger partial charge in [0, 0.05) is 0 Å². The van der Waals surface area contributed by atoms with Crippen LogP contribution in [0, 0.1) is 6.92 Å². The van der Waals surface area contributed by atoms with Gasteiger partial charge in [-0.1, -0.05) is 0 Å². The molecule has 8 heteroatoms. The molecule has 1 fully saturated rings. The minimum absolute atomic E-state index is 0.244. The topological polar surface area (TPSA) is 118 Å². The largest absolute Gasteiger partial charge is 0.493 e. The maximum absolute atomic E-state index is 10.0. The van der Waals surface area contributed by atoms with E-state index < -0.39 is 37.3 Å². The highest BCUT2D eigenvalue weighted by molar-refractivity contribution is 5.53. The van der Waals surface area contributed by atoms with Gasteiger partial charge in [-0.2, -0.15) is 0 Å². The zero-order valence-electron chi connectivity index (χ0n) is 13.2. The van der Waals surface area contributed by atoms with Crippen molar-refractivity contribution in [1.29, 1.82) is 0 Å². The molecule has 1 aromatic rings. The van der Waals surface area contributed by atoms with Crippen LogP contribution in [0.2, 0.25) is 0 Å². The van der Waals surface area contributed by atoms with E-state index in [2.05, 4.69) is 0 Å². The Hall–Kier alpha value is -1.58. The molecule has 0 amide bonds. The first-order chi connectivity index (χ1) is 10.9. The molecule has 1 saturated heterocycles. The molecule has 0 aromatic heterocycles. The monoisotopic (exact) mass is 330 g/mol. The van der Waals surface area contributed by atoms with Crippen molar-refractivity contribution in [1.82, 2.24) is 0 Å². The summed E-state index contributed by atoms with van der Waals surface area (Å²) in [4.78, 5) is 0. The van der Waals surface area contributed by atoms with Crippen LogP contribution in [-0.2, 0) is 4.74 Å². The molecule has 2 rings (SSSR count). The second kappa shape index (κ2) is 7.33. The smallest absolute Gasteiger partial charge is 0.229 e. The second-order valence-corrected chi connectivity index (χ2v) is 5.31. The van der Waals surface area contributed by atoms with Gasteiger partial charge >= 0.3 is 0 Å². The third-order valence-corrected chi connectivity index (χ3v) is 3.68. The summed E-state index contributed by atoms with van der Waals surface area (Å²) in [6.07, 6.45) is -6.78. The van der Waals surface area contributed by atoms with Crippen LogP contribution in [0.25, 0.3) is 0 Å². The number of aliphatic hydroxyl groups is 4. The number of ether oxygens (including phenoxy) is 4. The summed E-state index contributed by atoms with van der Waals surface area (Å²) in [7, 11) is 2.92. The zero-order valence-corrected chi connectivity index (χ0v) is 13.2. The number of methoxy groups -OCH3 is 2. The lowest BCUT2D eigenvalue weighted by molar-refractivity contribution is -0.277. The lowest BCUT2D eigenvalue weighted by Gasteiger charge is -2.39. The van der Waals surface area contributed by atoms with E-state index in [1.807, 2.05) is 6.92 Å². The molecule has 4 N–H and O–H groups in total. The van der Waals surface area contributed by atoms with Crippen molar-refractivity contribution in [3.05, 3.63) is 17.7 Å². The molecule has 0 spiro atoms. The summed E-state index contributed by atoms with van der Waals surface area (Å²) in [5.41, 5.74) is 0.822. The van der Waals surface area contributed by atoms with Gasteiger partial charge in [-0.25, -0.2) is 0 Å². The Bertz CT molecular complexity index is 532. The minimum atomic E-state index is -1.51. The van der Waals surface area contributed by atoms with Crippen molar-refractivity contribution in [2.24, 2.45) is 0 Å². The molecular formula is C15H22O8. The quantitative estimate of drug-likeness (QED) is 0.554. The van der Waals surface area contributed by atoms with Gasteiger partial charge < -0.3 is 39.4 Å². The lowest BCUT2D eigenvalue weighted by atomic mass is 9.99. The highest BCUT2D eigenvalue weighted by Crippen LogP contribution is 2.39. The molecule has 23 heavy (non-hydrogen) atoms. The van der Waals surface area contributed by atoms with E-state index in [1.165, 1.54) is 14.2 Å². The van der Waals surface area contributed by atoms with E-state index in [0.717, 1.165) is 5.56 Å². The van der Waals surface area contributed by atoms with Crippen molar-refractivity contribution >= 4 is 0 Å². The fraction of sp³-hybridized carbons (Fsp3) is 0.600. The van der Waals surface area contributed by atoms with Gasteiger partial charge in [-0.05, 0) is 24.6 Å². The first-order valence-electron chi connectivity index (χ1n) is 7.12. The molecule has 1 aliphatic heterocycles. The van der Waals surface area contributed by atoms with Crippen LogP contribution in [0.15, 0.2) is 12.1 Å². The van der Waals surface area contributed by atoms with E-state index in [4.69, 9.17) is 18.9 Å². The van der Waals surface area contributed by atoms with E-state index in [1.54, 1.807) is 12.1 Å². The molecule has 0 bridgehead atoms. The van der Waals surface area contributed by atoms with Crippen LogP contribution in [0.1, 0.15) is 5.56 Å². The average Bonchev–Trinajstić information content (AvgIpc) is 2.54. The Morgan fingerprint density at radius 2 is 1.65 bits per heavy atom. The Labute approximate surface area is 133 Å². The number of aryl methyl sites for hydroxylation is 1. The fourth-order valence-electron chi connectivity index (χ4n) is 2.44. The van der Waals surface area contributed by atoms with Gasteiger partial charge in [0.1, 0.15) is 24.4 Å². The number of hydrogen-bond acceptors (Lipinski definition) is 8. The highest BCUT2D eigenvalue weighted by atomic mass is 16.7. The molecule has 5 atom stereocenters. The summed E-state index contributed by atoms with van der Waals surface area (Å²) in [5, 5.41) is 38.8. The summed E-state index contributed by atoms with van der Waals surface area (Å²) in [6.45, 7) is 1.29. The SMILES string of the molecule is COc1cc(C)cc(O[C@@H]2O[C@H](CO)[C@@H](O)[C@H](O)[C@H]2O)c1OC. The molecule has 130 valence electrons. The normalized spacial score (nSPS) is 30.8. The Morgan fingerprint density at radius 3 is 2.22 bits per heavy atom. The van der Waals surface area contributed by atoms with Crippen molar-refractivity contribution in [2.75, 3.05) is 20.8 Å². The van der Waals surface area contributed by atoms with E-state index >= 15 is 0 Å². The van der Waals surface area contributed by atoms with Crippen LogP contribution >= 0.6 is 0 Å². The molecule has 1 aliphatic rings. The summed E-state index contributed by atoms with van der Waals surface area (Å²) in [5.74, 6) is 0.982. The molecule has 0 unspecified atom stereocenters. The van der Waals surface area contributed by atoms with Crippen molar-refractivity contribution in [3.63, 3.8) is 0 Å². The third kappa shape index (κ3) is 3.51. The summed E-state index contributed by atoms with van der Waals surface area (Å²) < 4.78 is 21.4. The van der Waals surface area contributed by atoms with Gasteiger partial charge in [-0.3, -0.25) is 0 Å². The standard InChI is InChI=1S/C15H22O8/c1-7-4-8(20-2)14(21-3)9(5-7)22-15-13(19)12(18)11(17)10(6-16)23-15/h4-5,10-13,15-19H,6H2,1-3H3/t10-,11-,12+,13-,15-/m1/s1. The Morgan fingerprint density at radius 1 is 1.00 bits per heavy atom. The fourth-order valence-corrected chi connectivity index (χ4v) is 2.44. The molecule has 1 heterocycles. The van der Waals surface area contributed by atoms with Gasteiger partial charge in [0.25, 0.3) is 0 Å². The second-order valence-electron chi connectivity index (χ2n) is 5.31. The van der Waals surface area contributed by atoms with Crippen LogP contribution < -0.4 is 14.2 Å². The minimum Gasteiger partial charge on any atom is -0.493 e. The number of hydrogen-bond donors (Lipinski definition) is 4. The van der Waals surface area contributed by atoms with Gasteiger partial charge in [-0.15, -0.1) is 0 Å². The highest BCUT2D eigenvalue weighted by Gasteiger charge is 2.45. The van der Waals surface area contributed by atoms with Crippen LogP contribution in [0.5, 0.6) is 17.2 Å².